The zero-order chi connectivity index (χ0) is 12.1. The Morgan fingerprint density at radius 1 is 1.56 bits per heavy atom. The molecule has 1 aromatic carbocycles. The van der Waals surface area contributed by atoms with Crippen LogP contribution in [0.25, 0.3) is 0 Å². The van der Waals surface area contributed by atoms with Crippen LogP contribution in [0.4, 0.5) is 5.69 Å². The Morgan fingerprint density at radius 3 is 2.88 bits per heavy atom. The van der Waals surface area contributed by atoms with Gasteiger partial charge < -0.3 is 10.4 Å². The van der Waals surface area contributed by atoms with Crippen LogP contribution in [0.2, 0.25) is 5.02 Å². The molecular weight excluding hydrogens is 226 g/mol. The Bertz CT molecular complexity index is 379. The molecular formula is C12H16ClNO2. The molecule has 1 atom stereocenters. The van der Waals surface area contributed by atoms with Crippen LogP contribution in [0.1, 0.15) is 18.9 Å². The Morgan fingerprint density at radius 2 is 2.25 bits per heavy atom. The molecule has 0 fully saturated rings. The van der Waals surface area contributed by atoms with Gasteiger partial charge in [-0.05, 0) is 31.0 Å². The molecule has 0 heterocycles. The summed E-state index contributed by atoms with van der Waals surface area (Å²) in [6, 6.07) is 5.62. The van der Waals surface area contributed by atoms with Gasteiger partial charge in [-0.25, -0.2) is 0 Å². The number of carboxylic acids is 1. The van der Waals surface area contributed by atoms with Crippen molar-refractivity contribution in [2.45, 2.75) is 20.3 Å². The fraction of sp³-hybridized carbons (Fsp3) is 0.417. The highest BCUT2D eigenvalue weighted by Crippen LogP contribution is 2.20. The minimum Gasteiger partial charge on any atom is -0.481 e. The first kappa shape index (κ1) is 12.8. The molecule has 1 rings (SSSR count). The zero-order valence-corrected chi connectivity index (χ0v) is 10.2. The van der Waals surface area contributed by atoms with Gasteiger partial charge >= 0.3 is 5.97 Å². The second-order valence-corrected chi connectivity index (χ2v) is 4.35. The molecule has 4 heteroatoms. The van der Waals surface area contributed by atoms with Crippen molar-refractivity contribution in [1.82, 2.24) is 0 Å². The minimum absolute atomic E-state index is 0.327. The van der Waals surface area contributed by atoms with Crippen molar-refractivity contribution >= 4 is 23.3 Å². The van der Waals surface area contributed by atoms with Crippen LogP contribution in [-0.2, 0) is 4.79 Å². The van der Waals surface area contributed by atoms with Gasteiger partial charge in [-0.2, -0.15) is 0 Å². The fourth-order valence-corrected chi connectivity index (χ4v) is 1.50. The summed E-state index contributed by atoms with van der Waals surface area (Å²) in [5.41, 5.74) is 2.07. The number of nitrogens with one attached hydrogen (secondary N) is 1. The van der Waals surface area contributed by atoms with E-state index in [9.17, 15) is 4.79 Å². The van der Waals surface area contributed by atoms with Gasteiger partial charge in [-0.1, -0.05) is 24.6 Å². The molecule has 0 saturated carbocycles. The average molecular weight is 242 g/mol. The number of hydrogen-bond donors (Lipinski definition) is 2. The van der Waals surface area contributed by atoms with Crippen LogP contribution in [0.15, 0.2) is 18.2 Å². The number of halogens is 1. The second-order valence-electron chi connectivity index (χ2n) is 3.91. The minimum atomic E-state index is -0.760. The number of aliphatic carboxylic acids is 1. The Labute approximate surface area is 100 Å². The topological polar surface area (TPSA) is 49.3 Å². The standard InChI is InChI=1S/C12H16ClNO2/c1-8-3-4-10(13)7-11(8)14-6-5-9(2)12(15)16/h3-4,7,9,14H,5-6H2,1-2H3,(H,15,16). The summed E-state index contributed by atoms with van der Waals surface area (Å²) in [7, 11) is 0. The summed E-state index contributed by atoms with van der Waals surface area (Å²) in [4.78, 5) is 10.6. The molecule has 88 valence electrons. The first-order chi connectivity index (χ1) is 7.50. The van der Waals surface area contributed by atoms with Crippen molar-refractivity contribution in [2.24, 2.45) is 5.92 Å². The third-order valence-electron chi connectivity index (χ3n) is 2.51. The van der Waals surface area contributed by atoms with E-state index < -0.39 is 5.97 Å². The molecule has 0 saturated heterocycles. The highest BCUT2D eigenvalue weighted by atomic mass is 35.5. The van der Waals surface area contributed by atoms with Gasteiger partial charge in [0.2, 0.25) is 0 Å². The van der Waals surface area contributed by atoms with Gasteiger partial charge in [0.25, 0.3) is 0 Å². The molecule has 0 aliphatic rings. The Hall–Kier alpha value is -1.22. The van der Waals surface area contributed by atoms with Gasteiger partial charge in [-0.15, -0.1) is 0 Å². The van der Waals surface area contributed by atoms with Crippen LogP contribution in [0.3, 0.4) is 0 Å². The molecule has 0 aliphatic heterocycles. The highest BCUT2D eigenvalue weighted by Gasteiger charge is 2.09. The lowest BCUT2D eigenvalue weighted by molar-refractivity contribution is -0.141. The maximum absolute atomic E-state index is 10.6. The highest BCUT2D eigenvalue weighted by molar-refractivity contribution is 6.30. The van der Waals surface area contributed by atoms with Crippen LogP contribution in [0.5, 0.6) is 0 Å². The molecule has 2 N–H and O–H groups in total. The third kappa shape index (κ3) is 3.74. The van der Waals surface area contributed by atoms with E-state index in [4.69, 9.17) is 16.7 Å². The van der Waals surface area contributed by atoms with Crippen LogP contribution < -0.4 is 5.32 Å². The van der Waals surface area contributed by atoms with E-state index in [1.165, 1.54) is 0 Å². The smallest absolute Gasteiger partial charge is 0.306 e. The quantitative estimate of drug-likeness (QED) is 0.833. The monoisotopic (exact) mass is 241 g/mol. The van der Waals surface area contributed by atoms with Crippen molar-refractivity contribution in [3.63, 3.8) is 0 Å². The molecule has 0 radical (unpaired) electrons. The van der Waals surface area contributed by atoms with Crippen molar-refractivity contribution in [1.29, 1.82) is 0 Å². The number of hydrogen-bond acceptors (Lipinski definition) is 2. The van der Waals surface area contributed by atoms with E-state index in [0.29, 0.717) is 18.0 Å². The lowest BCUT2D eigenvalue weighted by atomic mass is 10.1. The maximum Gasteiger partial charge on any atom is 0.306 e. The zero-order valence-electron chi connectivity index (χ0n) is 9.46. The Kier molecular flexibility index (Phi) is 4.62. The van der Waals surface area contributed by atoms with Crippen LogP contribution >= 0.6 is 11.6 Å². The van der Waals surface area contributed by atoms with Gasteiger partial charge in [0.05, 0.1) is 5.92 Å². The third-order valence-corrected chi connectivity index (χ3v) is 2.75. The lowest BCUT2D eigenvalue weighted by Gasteiger charge is -2.11. The lowest BCUT2D eigenvalue weighted by Crippen LogP contribution is -2.14. The predicted octanol–water partition coefficient (Wildman–Crippen LogP) is 3.17. The SMILES string of the molecule is Cc1ccc(Cl)cc1NCCC(C)C(=O)O. The molecule has 16 heavy (non-hydrogen) atoms. The number of benzene rings is 1. The van der Waals surface area contributed by atoms with Crippen molar-refractivity contribution < 1.29 is 9.90 Å². The summed E-state index contributed by atoms with van der Waals surface area (Å²) in [5.74, 6) is -1.09. The summed E-state index contributed by atoms with van der Waals surface area (Å²) in [6.45, 7) is 4.32. The van der Waals surface area contributed by atoms with Crippen LogP contribution in [-0.4, -0.2) is 17.6 Å². The van der Waals surface area contributed by atoms with Crippen molar-refractivity contribution in [2.75, 3.05) is 11.9 Å². The number of carbonyl (C=O) groups is 1. The van der Waals surface area contributed by atoms with Gasteiger partial charge in [0.1, 0.15) is 0 Å². The van der Waals surface area contributed by atoms with E-state index in [2.05, 4.69) is 5.32 Å². The summed E-state index contributed by atoms with van der Waals surface area (Å²) in [6.07, 6.45) is 0.598. The van der Waals surface area contributed by atoms with Crippen LogP contribution in [0, 0.1) is 12.8 Å². The molecule has 0 aliphatic carbocycles. The molecule has 3 nitrogen and oxygen atoms in total. The van der Waals surface area contributed by atoms with Crippen molar-refractivity contribution in [3.8, 4) is 0 Å². The molecule has 0 bridgehead atoms. The van der Waals surface area contributed by atoms with E-state index in [1.807, 2.05) is 25.1 Å². The van der Waals surface area contributed by atoms with Gasteiger partial charge in [0.15, 0.2) is 0 Å². The first-order valence-corrected chi connectivity index (χ1v) is 5.61. The number of anilines is 1. The Balaban J connectivity index is 2.48. The van der Waals surface area contributed by atoms with Gasteiger partial charge in [-0.3, -0.25) is 4.79 Å². The molecule has 0 aromatic heterocycles. The molecule has 1 unspecified atom stereocenters. The first-order valence-electron chi connectivity index (χ1n) is 5.23. The second kappa shape index (κ2) is 5.75. The van der Waals surface area contributed by atoms with E-state index in [0.717, 1.165) is 11.3 Å². The number of carboxylic acid groups (broad SMARTS) is 1. The van der Waals surface area contributed by atoms with Crippen molar-refractivity contribution in [3.05, 3.63) is 28.8 Å². The largest absolute Gasteiger partial charge is 0.481 e. The molecule has 0 spiro atoms. The van der Waals surface area contributed by atoms with E-state index in [-0.39, 0.29) is 5.92 Å². The molecule has 0 amide bonds. The average Bonchev–Trinajstić information content (AvgIpc) is 2.22. The van der Waals surface area contributed by atoms with E-state index >= 15 is 0 Å². The number of aryl methyl sites for hydroxylation is 1. The molecule has 1 aromatic rings. The fourth-order valence-electron chi connectivity index (χ4n) is 1.33. The summed E-state index contributed by atoms with van der Waals surface area (Å²) < 4.78 is 0. The summed E-state index contributed by atoms with van der Waals surface area (Å²) >= 11 is 5.87. The maximum atomic E-state index is 10.6. The number of rotatable bonds is 5. The normalized spacial score (nSPS) is 12.2. The predicted molar refractivity (Wildman–Crippen MR) is 66.1 cm³/mol. The van der Waals surface area contributed by atoms with Gasteiger partial charge in [0, 0.05) is 17.3 Å². The summed E-state index contributed by atoms with van der Waals surface area (Å²) in [5, 5.41) is 12.6. The van der Waals surface area contributed by atoms with E-state index in [1.54, 1.807) is 6.92 Å².